The van der Waals surface area contributed by atoms with Gasteiger partial charge in [-0.1, -0.05) is 12.1 Å². The van der Waals surface area contributed by atoms with Crippen molar-refractivity contribution in [3.05, 3.63) is 41.7 Å². The molecule has 1 saturated heterocycles. The van der Waals surface area contributed by atoms with E-state index in [0.717, 1.165) is 18.5 Å². The number of benzene rings is 1. The molecule has 1 aliphatic heterocycles. The fraction of sp³-hybridized carbons (Fsp3) is 0.357. The second kappa shape index (κ2) is 6.31. The molecule has 0 aliphatic carbocycles. The van der Waals surface area contributed by atoms with Gasteiger partial charge in [0.15, 0.2) is 0 Å². The van der Waals surface area contributed by atoms with Gasteiger partial charge in [0.2, 0.25) is 5.91 Å². The van der Waals surface area contributed by atoms with Crippen LogP contribution in [0.4, 0.5) is 4.39 Å². The molecule has 0 spiro atoms. The van der Waals surface area contributed by atoms with E-state index in [4.69, 9.17) is 0 Å². The molecule has 18 heavy (non-hydrogen) atoms. The van der Waals surface area contributed by atoms with Crippen LogP contribution < -0.4 is 10.6 Å². The zero-order chi connectivity index (χ0) is 12.8. The van der Waals surface area contributed by atoms with E-state index < -0.39 is 0 Å². The zero-order valence-electron chi connectivity index (χ0n) is 10.2. The average molecular weight is 248 g/mol. The number of halogens is 1. The summed E-state index contributed by atoms with van der Waals surface area (Å²) in [7, 11) is 0. The van der Waals surface area contributed by atoms with Gasteiger partial charge in [0, 0.05) is 18.7 Å². The van der Waals surface area contributed by atoms with E-state index >= 15 is 0 Å². The van der Waals surface area contributed by atoms with Crippen molar-refractivity contribution in [1.82, 2.24) is 10.6 Å². The first kappa shape index (κ1) is 12.8. The van der Waals surface area contributed by atoms with Gasteiger partial charge < -0.3 is 10.6 Å². The summed E-state index contributed by atoms with van der Waals surface area (Å²) < 4.78 is 12.7. The van der Waals surface area contributed by atoms with E-state index in [1.165, 1.54) is 24.6 Å². The maximum Gasteiger partial charge on any atom is 0.244 e. The van der Waals surface area contributed by atoms with Crippen LogP contribution in [0.25, 0.3) is 6.08 Å². The van der Waals surface area contributed by atoms with Gasteiger partial charge in [0.1, 0.15) is 5.82 Å². The van der Waals surface area contributed by atoms with Crippen molar-refractivity contribution in [2.24, 2.45) is 0 Å². The number of carbonyl (C=O) groups excluding carboxylic acids is 1. The van der Waals surface area contributed by atoms with Gasteiger partial charge in [0.05, 0.1) is 0 Å². The van der Waals surface area contributed by atoms with Crippen molar-refractivity contribution in [2.45, 2.75) is 18.9 Å². The molecular weight excluding hydrogens is 231 g/mol. The Morgan fingerprint density at radius 3 is 2.89 bits per heavy atom. The van der Waals surface area contributed by atoms with Gasteiger partial charge in [-0.05, 0) is 43.2 Å². The van der Waals surface area contributed by atoms with Crippen molar-refractivity contribution in [2.75, 3.05) is 13.1 Å². The zero-order valence-corrected chi connectivity index (χ0v) is 10.2. The van der Waals surface area contributed by atoms with E-state index in [1.54, 1.807) is 18.2 Å². The number of hydrogen-bond donors (Lipinski definition) is 2. The second-order valence-electron chi connectivity index (χ2n) is 4.42. The highest BCUT2D eigenvalue weighted by Gasteiger charge is 2.13. The van der Waals surface area contributed by atoms with Crippen LogP contribution in [0.2, 0.25) is 0 Å². The first-order chi connectivity index (χ1) is 8.74. The normalized spacial score (nSPS) is 19.3. The molecule has 1 amide bonds. The summed E-state index contributed by atoms with van der Waals surface area (Å²) in [5.41, 5.74) is 0.811. The van der Waals surface area contributed by atoms with Gasteiger partial charge in [-0.3, -0.25) is 4.79 Å². The first-order valence-corrected chi connectivity index (χ1v) is 6.19. The van der Waals surface area contributed by atoms with Gasteiger partial charge in [0.25, 0.3) is 0 Å². The standard InChI is InChI=1S/C14H17FN2O/c15-12-6-3-11(4-7-12)5-8-14(18)17-10-13-2-1-9-16-13/h3-8,13,16H,1-2,9-10H2,(H,17,18). The molecule has 3 nitrogen and oxygen atoms in total. The van der Waals surface area contributed by atoms with Crippen LogP contribution in [0, 0.1) is 5.82 Å². The average Bonchev–Trinajstić information content (AvgIpc) is 2.89. The molecular formula is C14H17FN2O. The van der Waals surface area contributed by atoms with Crippen LogP contribution in [0.3, 0.4) is 0 Å². The molecule has 2 N–H and O–H groups in total. The van der Waals surface area contributed by atoms with Crippen LogP contribution in [-0.4, -0.2) is 25.0 Å². The van der Waals surface area contributed by atoms with Gasteiger partial charge in [-0.15, -0.1) is 0 Å². The summed E-state index contributed by atoms with van der Waals surface area (Å²) in [4.78, 5) is 11.5. The Morgan fingerprint density at radius 2 is 2.22 bits per heavy atom. The lowest BCUT2D eigenvalue weighted by atomic mass is 10.2. The highest BCUT2D eigenvalue weighted by molar-refractivity contribution is 5.91. The van der Waals surface area contributed by atoms with E-state index in [-0.39, 0.29) is 11.7 Å². The monoisotopic (exact) mass is 248 g/mol. The maximum atomic E-state index is 12.7. The molecule has 0 bridgehead atoms. The Bertz CT molecular complexity index is 422. The highest BCUT2D eigenvalue weighted by atomic mass is 19.1. The lowest BCUT2D eigenvalue weighted by Crippen LogP contribution is -2.36. The van der Waals surface area contributed by atoms with E-state index in [9.17, 15) is 9.18 Å². The third-order valence-corrected chi connectivity index (χ3v) is 2.98. The lowest BCUT2D eigenvalue weighted by molar-refractivity contribution is -0.116. The molecule has 1 heterocycles. The molecule has 0 saturated carbocycles. The van der Waals surface area contributed by atoms with Crippen molar-refractivity contribution >= 4 is 12.0 Å². The highest BCUT2D eigenvalue weighted by Crippen LogP contribution is 2.05. The van der Waals surface area contributed by atoms with Crippen LogP contribution in [0.1, 0.15) is 18.4 Å². The molecule has 1 atom stereocenters. The molecule has 1 aromatic rings. The van der Waals surface area contributed by atoms with Crippen LogP contribution in [-0.2, 0) is 4.79 Å². The molecule has 1 aromatic carbocycles. The number of hydrogen-bond acceptors (Lipinski definition) is 2. The quantitative estimate of drug-likeness (QED) is 0.796. The summed E-state index contributed by atoms with van der Waals surface area (Å²) in [5, 5.41) is 6.16. The van der Waals surface area contributed by atoms with E-state index in [2.05, 4.69) is 10.6 Å². The molecule has 96 valence electrons. The van der Waals surface area contributed by atoms with Gasteiger partial charge >= 0.3 is 0 Å². The number of rotatable bonds is 4. The third kappa shape index (κ3) is 3.96. The lowest BCUT2D eigenvalue weighted by Gasteiger charge is -2.09. The number of carbonyl (C=O) groups is 1. The molecule has 1 unspecified atom stereocenters. The second-order valence-corrected chi connectivity index (χ2v) is 4.42. The maximum absolute atomic E-state index is 12.7. The van der Waals surface area contributed by atoms with Crippen molar-refractivity contribution in [3.63, 3.8) is 0 Å². The molecule has 0 aromatic heterocycles. The summed E-state index contributed by atoms with van der Waals surface area (Å²) in [6.45, 7) is 1.69. The van der Waals surface area contributed by atoms with Gasteiger partial charge in [-0.25, -0.2) is 4.39 Å². The van der Waals surface area contributed by atoms with Crippen molar-refractivity contribution in [3.8, 4) is 0 Å². The summed E-state index contributed by atoms with van der Waals surface area (Å²) in [6, 6.07) is 6.42. The van der Waals surface area contributed by atoms with Crippen LogP contribution in [0.15, 0.2) is 30.3 Å². The first-order valence-electron chi connectivity index (χ1n) is 6.19. The Labute approximate surface area is 106 Å². The smallest absolute Gasteiger partial charge is 0.244 e. The van der Waals surface area contributed by atoms with Crippen LogP contribution >= 0.6 is 0 Å². The topological polar surface area (TPSA) is 41.1 Å². The fourth-order valence-corrected chi connectivity index (χ4v) is 1.96. The Kier molecular flexibility index (Phi) is 4.47. The van der Waals surface area contributed by atoms with Crippen LogP contribution in [0.5, 0.6) is 0 Å². The summed E-state index contributed by atoms with van der Waals surface area (Å²) in [6.07, 6.45) is 5.44. The summed E-state index contributed by atoms with van der Waals surface area (Å²) in [5.74, 6) is -0.392. The molecule has 2 rings (SSSR count). The predicted molar refractivity (Wildman–Crippen MR) is 69.5 cm³/mol. The minimum absolute atomic E-state index is 0.118. The molecule has 0 radical (unpaired) electrons. The minimum Gasteiger partial charge on any atom is -0.351 e. The van der Waals surface area contributed by atoms with Crippen molar-refractivity contribution < 1.29 is 9.18 Å². The Hall–Kier alpha value is -1.68. The van der Waals surface area contributed by atoms with Gasteiger partial charge in [-0.2, -0.15) is 0 Å². The number of nitrogens with one attached hydrogen (secondary N) is 2. The Morgan fingerprint density at radius 1 is 1.44 bits per heavy atom. The van der Waals surface area contributed by atoms with Crippen molar-refractivity contribution in [1.29, 1.82) is 0 Å². The predicted octanol–water partition coefficient (Wildman–Crippen LogP) is 1.71. The summed E-state index contributed by atoms with van der Waals surface area (Å²) >= 11 is 0. The minimum atomic E-state index is -0.274. The fourth-order valence-electron chi connectivity index (χ4n) is 1.96. The molecule has 1 fully saturated rings. The van der Waals surface area contributed by atoms with E-state index in [1.807, 2.05) is 0 Å². The largest absolute Gasteiger partial charge is 0.351 e. The number of amides is 1. The molecule has 1 aliphatic rings. The third-order valence-electron chi connectivity index (χ3n) is 2.98. The SMILES string of the molecule is O=C(C=Cc1ccc(F)cc1)NCC1CCCN1. The molecule has 4 heteroatoms. The Balaban J connectivity index is 1.77. The van der Waals surface area contributed by atoms with E-state index in [0.29, 0.717) is 12.6 Å².